The molecule has 0 aliphatic heterocycles. The van der Waals surface area contributed by atoms with Crippen molar-refractivity contribution in [3.63, 3.8) is 0 Å². The summed E-state index contributed by atoms with van der Waals surface area (Å²) >= 11 is 3.56. The predicted octanol–water partition coefficient (Wildman–Crippen LogP) is 5.05. The number of fused-ring (bicyclic) bond motifs is 1. The molecule has 0 saturated carbocycles. The van der Waals surface area contributed by atoms with E-state index in [2.05, 4.69) is 47.1 Å². The molecule has 0 amide bonds. The summed E-state index contributed by atoms with van der Waals surface area (Å²) in [5.74, 6) is 0.300. The number of hydrogen-bond acceptors (Lipinski definition) is 3. The maximum atomic E-state index is 10.3. The van der Waals surface area contributed by atoms with Crippen molar-refractivity contribution in [3.8, 4) is 5.75 Å². The Bertz CT molecular complexity index is 789. The molecule has 0 bridgehead atoms. The molecule has 1 aliphatic carbocycles. The Hall–Kier alpha value is -1.81. The van der Waals surface area contributed by atoms with E-state index in [-0.39, 0.29) is 0 Å². The third kappa shape index (κ3) is 3.20. The van der Waals surface area contributed by atoms with Gasteiger partial charge in [0, 0.05) is 10.0 Å². The monoisotopic (exact) mass is 387 g/mol. The van der Waals surface area contributed by atoms with Crippen molar-refractivity contribution >= 4 is 21.6 Å². The zero-order valence-corrected chi connectivity index (χ0v) is 15.9. The molecule has 0 atom stereocenters. The first-order chi connectivity index (χ1) is 11.5. The highest BCUT2D eigenvalue weighted by Crippen LogP contribution is 2.34. The summed E-state index contributed by atoms with van der Waals surface area (Å²) in [7, 11) is 1.55. The largest absolute Gasteiger partial charge is 0.507 e. The van der Waals surface area contributed by atoms with Gasteiger partial charge in [0.2, 0.25) is 0 Å². The van der Waals surface area contributed by atoms with Gasteiger partial charge in [-0.25, -0.2) is 0 Å². The van der Waals surface area contributed by atoms with E-state index in [0.717, 1.165) is 41.4 Å². The van der Waals surface area contributed by atoms with Gasteiger partial charge in [0.1, 0.15) is 12.9 Å². The number of nitrogens with zero attached hydrogens (tertiary/aromatic N) is 1. The van der Waals surface area contributed by atoms with Crippen LogP contribution in [0, 0.1) is 13.8 Å². The summed E-state index contributed by atoms with van der Waals surface area (Å²) in [4.78, 5) is 4.97. The number of aryl methyl sites for hydroxylation is 2. The Labute approximate surface area is 151 Å². The van der Waals surface area contributed by atoms with Crippen LogP contribution in [-0.4, -0.2) is 17.9 Å². The highest BCUT2D eigenvalue weighted by atomic mass is 79.9. The second-order valence-corrected chi connectivity index (χ2v) is 7.28. The van der Waals surface area contributed by atoms with E-state index in [1.165, 1.54) is 27.8 Å². The molecule has 0 aromatic heterocycles. The van der Waals surface area contributed by atoms with Crippen LogP contribution < -0.4 is 0 Å². The Morgan fingerprint density at radius 2 is 1.88 bits per heavy atom. The van der Waals surface area contributed by atoms with Gasteiger partial charge in [-0.05, 0) is 85.5 Å². The maximum absolute atomic E-state index is 10.3. The van der Waals surface area contributed by atoms with Crippen molar-refractivity contribution in [2.75, 3.05) is 7.11 Å². The summed E-state index contributed by atoms with van der Waals surface area (Å²) in [5.41, 5.74) is 8.10. The minimum absolute atomic E-state index is 0.300. The number of oxime groups is 1. The summed E-state index contributed by atoms with van der Waals surface area (Å²) in [6.07, 6.45) is 3.71. The quantitative estimate of drug-likeness (QED) is 0.748. The minimum Gasteiger partial charge on any atom is -0.507 e. The van der Waals surface area contributed by atoms with E-state index in [1.54, 1.807) is 13.2 Å². The van der Waals surface area contributed by atoms with E-state index in [1.807, 2.05) is 6.07 Å². The van der Waals surface area contributed by atoms with Crippen LogP contribution in [0.25, 0.3) is 0 Å². The van der Waals surface area contributed by atoms with Gasteiger partial charge in [-0.2, -0.15) is 0 Å². The Kier molecular flexibility index (Phi) is 4.95. The molecule has 4 heteroatoms. The van der Waals surface area contributed by atoms with Gasteiger partial charge in [-0.1, -0.05) is 27.2 Å². The van der Waals surface area contributed by atoms with Gasteiger partial charge < -0.3 is 9.94 Å². The molecular formula is C20H22BrNO2. The normalized spacial score (nSPS) is 15.4. The second-order valence-electron chi connectivity index (χ2n) is 6.37. The molecule has 2 aromatic rings. The number of phenols is 1. The van der Waals surface area contributed by atoms with Gasteiger partial charge in [-0.3, -0.25) is 0 Å². The van der Waals surface area contributed by atoms with Gasteiger partial charge in [0.05, 0.1) is 5.71 Å². The fourth-order valence-electron chi connectivity index (χ4n) is 3.62. The number of hydrogen-bond donors (Lipinski definition) is 1. The molecule has 0 fully saturated rings. The van der Waals surface area contributed by atoms with E-state index in [0.29, 0.717) is 5.75 Å². The molecule has 24 heavy (non-hydrogen) atoms. The lowest BCUT2D eigenvalue weighted by Gasteiger charge is -2.22. The third-order valence-electron chi connectivity index (χ3n) is 4.75. The van der Waals surface area contributed by atoms with E-state index in [4.69, 9.17) is 4.84 Å². The van der Waals surface area contributed by atoms with E-state index in [9.17, 15) is 5.11 Å². The Morgan fingerprint density at radius 1 is 1.17 bits per heavy atom. The zero-order chi connectivity index (χ0) is 17.3. The average molecular weight is 388 g/mol. The number of halogens is 1. The van der Waals surface area contributed by atoms with Crippen molar-refractivity contribution in [1.29, 1.82) is 0 Å². The van der Waals surface area contributed by atoms with Crippen LogP contribution in [-0.2, 0) is 17.7 Å². The van der Waals surface area contributed by atoms with Crippen LogP contribution in [0.5, 0.6) is 5.75 Å². The van der Waals surface area contributed by atoms with E-state index >= 15 is 0 Å². The van der Waals surface area contributed by atoms with Crippen LogP contribution in [0.3, 0.4) is 0 Å². The molecule has 1 N–H and O–H groups in total. The smallest absolute Gasteiger partial charge is 0.125 e. The first-order valence-corrected chi connectivity index (χ1v) is 9.00. The van der Waals surface area contributed by atoms with Crippen molar-refractivity contribution in [2.45, 2.75) is 39.5 Å². The second kappa shape index (κ2) is 6.98. The van der Waals surface area contributed by atoms with Crippen LogP contribution in [0.1, 0.15) is 46.2 Å². The van der Waals surface area contributed by atoms with Crippen LogP contribution in [0.15, 0.2) is 33.9 Å². The average Bonchev–Trinajstić information content (AvgIpc) is 2.53. The van der Waals surface area contributed by atoms with Crippen LogP contribution in [0.4, 0.5) is 0 Å². The minimum atomic E-state index is 0.300. The summed E-state index contributed by atoms with van der Waals surface area (Å²) in [6.45, 7) is 4.30. The fourth-order valence-corrected chi connectivity index (χ4v) is 4.31. The lowest BCUT2D eigenvalue weighted by Crippen LogP contribution is -2.15. The lowest BCUT2D eigenvalue weighted by molar-refractivity contribution is 0.212. The molecule has 0 unspecified atom stereocenters. The topological polar surface area (TPSA) is 41.8 Å². The van der Waals surface area contributed by atoms with Gasteiger partial charge >= 0.3 is 0 Å². The number of phenolic OH excluding ortho intramolecular Hbond substituents is 1. The van der Waals surface area contributed by atoms with E-state index < -0.39 is 0 Å². The van der Waals surface area contributed by atoms with Crippen LogP contribution >= 0.6 is 15.9 Å². The predicted molar refractivity (Wildman–Crippen MR) is 101 cm³/mol. The standard InChI is InChI=1S/C20H22BrNO2/c1-12-9-15(21)10-13(2)17(12)11-14-7-8-19(23)20-16(14)5-4-6-18(20)22-24-3/h7-10,23H,4-6,11H2,1-3H3/b22-18+. The molecule has 3 nitrogen and oxygen atoms in total. The first kappa shape index (κ1) is 17.0. The highest BCUT2D eigenvalue weighted by molar-refractivity contribution is 9.10. The molecular weight excluding hydrogens is 366 g/mol. The zero-order valence-electron chi connectivity index (χ0n) is 14.3. The molecule has 126 valence electrons. The molecule has 1 aliphatic rings. The fraction of sp³-hybridized carbons (Fsp3) is 0.350. The molecule has 2 aromatic carbocycles. The van der Waals surface area contributed by atoms with Gasteiger partial charge in [-0.15, -0.1) is 0 Å². The lowest BCUT2D eigenvalue weighted by atomic mass is 9.83. The maximum Gasteiger partial charge on any atom is 0.125 e. The number of aromatic hydroxyl groups is 1. The Balaban J connectivity index is 2.08. The molecule has 0 radical (unpaired) electrons. The van der Waals surface area contributed by atoms with Crippen LogP contribution in [0.2, 0.25) is 0 Å². The number of benzene rings is 2. The highest BCUT2D eigenvalue weighted by Gasteiger charge is 2.23. The first-order valence-electron chi connectivity index (χ1n) is 8.21. The molecule has 0 saturated heterocycles. The third-order valence-corrected chi connectivity index (χ3v) is 5.20. The summed E-state index contributed by atoms with van der Waals surface area (Å²) < 4.78 is 1.11. The van der Waals surface area contributed by atoms with Gasteiger partial charge in [0.25, 0.3) is 0 Å². The van der Waals surface area contributed by atoms with Crippen molar-refractivity contribution in [2.24, 2.45) is 5.16 Å². The Morgan fingerprint density at radius 3 is 2.54 bits per heavy atom. The number of rotatable bonds is 3. The van der Waals surface area contributed by atoms with Crippen molar-refractivity contribution in [1.82, 2.24) is 0 Å². The molecule has 0 heterocycles. The van der Waals surface area contributed by atoms with Crippen molar-refractivity contribution in [3.05, 3.63) is 62.1 Å². The van der Waals surface area contributed by atoms with Gasteiger partial charge in [0.15, 0.2) is 0 Å². The summed E-state index contributed by atoms with van der Waals surface area (Å²) in [5, 5.41) is 14.5. The molecule has 3 rings (SSSR count). The SMILES string of the molecule is CO/N=C1\CCCc2c(Cc3c(C)cc(Br)cc3C)ccc(O)c21. The summed E-state index contributed by atoms with van der Waals surface area (Å²) in [6, 6.07) is 8.15. The van der Waals surface area contributed by atoms with Crippen molar-refractivity contribution < 1.29 is 9.94 Å². The molecule has 0 spiro atoms.